The molecule has 4 bridgehead atoms. The predicted octanol–water partition coefficient (Wildman–Crippen LogP) is 1.48. The molecule has 6 rings (SSSR count). The van der Waals surface area contributed by atoms with Crippen molar-refractivity contribution in [3.05, 3.63) is 40.3 Å². The highest BCUT2D eigenvalue weighted by molar-refractivity contribution is 6.00. The minimum atomic E-state index is -1.47. The van der Waals surface area contributed by atoms with Gasteiger partial charge in [0.15, 0.2) is 0 Å². The van der Waals surface area contributed by atoms with E-state index in [9.17, 15) is 19.5 Å². The van der Waals surface area contributed by atoms with Crippen molar-refractivity contribution in [2.24, 2.45) is 23.2 Å². The number of fused-ring (bicyclic) bond motifs is 1. The fourth-order valence-corrected chi connectivity index (χ4v) is 6.78. The monoisotopic (exact) mass is 408 g/mol. The van der Waals surface area contributed by atoms with Gasteiger partial charge < -0.3 is 15.2 Å². The van der Waals surface area contributed by atoms with Gasteiger partial charge in [0.25, 0.3) is 5.56 Å². The van der Waals surface area contributed by atoms with Crippen LogP contribution in [0.1, 0.15) is 55.9 Å². The molecular formula is C23H26N3O4-. The zero-order valence-electron chi connectivity index (χ0n) is 17.1. The second kappa shape index (κ2) is 6.93. The van der Waals surface area contributed by atoms with E-state index in [1.165, 1.54) is 50.7 Å². The minimum Gasteiger partial charge on any atom is -0.543 e. The normalized spacial score (nSPS) is 30.4. The Morgan fingerprint density at radius 2 is 1.70 bits per heavy atom. The third kappa shape index (κ3) is 3.11. The van der Waals surface area contributed by atoms with Crippen LogP contribution in [0.3, 0.4) is 0 Å². The van der Waals surface area contributed by atoms with E-state index in [1.54, 1.807) is 12.1 Å². The maximum Gasteiger partial charge on any atom is 0.275 e. The molecule has 0 aliphatic heterocycles. The molecule has 7 nitrogen and oxygen atoms in total. The summed E-state index contributed by atoms with van der Waals surface area (Å²) in [6.07, 6.45) is 7.52. The third-order valence-electron chi connectivity index (χ3n) is 7.74. The van der Waals surface area contributed by atoms with Gasteiger partial charge in [0.2, 0.25) is 5.91 Å². The van der Waals surface area contributed by atoms with Crippen LogP contribution in [0.2, 0.25) is 0 Å². The minimum absolute atomic E-state index is 0.0233. The van der Waals surface area contributed by atoms with E-state index in [-0.39, 0.29) is 40.4 Å². The van der Waals surface area contributed by atoms with Gasteiger partial charge in [0, 0.05) is 11.4 Å². The molecule has 0 unspecified atom stereocenters. The van der Waals surface area contributed by atoms with E-state index in [2.05, 4.69) is 17.3 Å². The van der Waals surface area contributed by atoms with Crippen LogP contribution in [0.5, 0.6) is 0 Å². The van der Waals surface area contributed by atoms with E-state index in [1.807, 2.05) is 0 Å². The highest BCUT2D eigenvalue weighted by atomic mass is 16.4. The third-order valence-corrected chi connectivity index (χ3v) is 7.74. The van der Waals surface area contributed by atoms with Crippen molar-refractivity contribution in [1.29, 1.82) is 0 Å². The summed E-state index contributed by atoms with van der Waals surface area (Å²) in [6, 6.07) is 6.38. The number of hydrogen-bond acceptors (Lipinski definition) is 5. The molecule has 0 saturated heterocycles. The summed E-state index contributed by atoms with van der Waals surface area (Å²) in [5.74, 6) is 0.567. The lowest BCUT2D eigenvalue weighted by Crippen LogP contribution is -2.56. The molecule has 7 heteroatoms. The average Bonchev–Trinajstić information content (AvgIpc) is 2.69. The summed E-state index contributed by atoms with van der Waals surface area (Å²) in [4.78, 5) is 37.1. The molecule has 1 amide bonds. The van der Waals surface area contributed by atoms with E-state index in [0.717, 1.165) is 22.4 Å². The van der Waals surface area contributed by atoms with E-state index in [4.69, 9.17) is 0 Å². The highest BCUT2D eigenvalue weighted by Gasteiger charge is 2.53. The maximum atomic E-state index is 12.8. The van der Waals surface area contributed by atoms with E-state index in [0.29, 0.717) is 0 Å². The van der Waals surface area contributed by atoms with Crippen LogP contribution in [0, 0.1) is 23.2 Å². The molecule has 30 heavy (non-hydrogen) atoms. The molecule has 1 heterocycles. The molecule has 2 aromatic rings. The molecular weight excluding hydrogens is 382 g/mol. The smallest absolute Gasteiger partial charge is 0.275 e. The molecule has 158 valence electrons. The Morgan fingerprint density at radius 3 is 2.27 bits per heavy atom. The van der Waals surface area contributed by atoms with Crippen molar-refractivity contribution in [3.63, 3.8) is 0 Å². The van der Waals surface area contributed by atoms with Crippen molar-refractivity contribution in [2.45, 2.75) is 58.0 Å². The number of benzene rings is 1. The first-order valence-corrected chi connectivity index (χ1v) is 10.9. The number of carboxylic acid groups (broad SMARTS) is 1. The van der Waals surface area contributed by atoms with Gasteiger partial charge in [-0.05, 0) is 74.7 Å². The van der Waals surface area contributed by atoms with Crippen molar-refractivity contribution in [1.82, 2.24) is 15.1 Å². The summed E-state index contributed by atoms with van der Waals surface area (Å²) < 4.78 is 0.940. The molecule has 1 N–H and O–H groups in total. The van der Waals surface area contributed by atoms with Crippen LogP contribution >= 0.6 is 0 Å². The number of carbonyl (C=O) groups is 2. The number of nitrogens with one attached hydrogen (secondary N) is 1. The second-order valence-corrected chi connectivity index (χ2v) is 9.71. The fraction of sp³-hybridized carbons (Fsp3) is 0.565. The second-order valence-electron chi connectivity index (χ2n) is 9.71. The average molecular weight is 408 g/mol. The van der Waals surface area contributed by atoms with Crippen molar-refractivity contribution in [3.8, 4) is 0 Å². The number of carboxylic acids is 1. The Morgan fingerprint density at radius 1 is 1.13 bits per heavy atom. The van der Waals surface area contributed by atoms with Crippen molar-refractivity contribution < 1.29 is 14.7 Å². The molecule has 1 aromatic carbocycles. The summed E-state index contributed by atoms with van der Waals surface area (Å²) in [5, 5.41) is 19.0. The molecule has 1 aromatic heterocycles. The number of nitrogens with zero attached hydrogens (tertiary/aromatic N) is 2. The van der Waals surface area contributed by atoms with Crippen molar-refractivity contribution in [2.75, 3.05) is 0 Å². The number of amides is 1. The molecule has 4 aliphatic carbocycles. The predicted molar refractivity (Wildman–Crippen MR) is 109 cm³/mol. The van der Waals surface area contributed by atoms with Crippen LogP contribution in [0.4, 0.5) is 0 Å². The Hall–Kier alpha value is -2.70. The highest BCUT2D eigenvalue weighted by Crippen LogP contribution is 2.61. The lowest BCUT2D eigenvalue weighted by molar-refractivity contribution is -0.255. The zero-order valence-corrected chi connectivity index (χ0v) is 17.1. The maximum absolute atomic E-state index is 12.8. The first kappa shape index (κ1) is 19.3. The van der Waals surface area contributed by atoms with Gasteiger partial charge in [-0.2, -0.15) is 5.10 Å². The van der Waals surface area contributed by atoms with Gasteiger partial charge in [-0.25, -0.2) is 4.68 Å². The van der Waals surface area contributed by atoms with Gasteiger partial charge >= 0.3 is 0 Å². The van der Waals surface area contributed by atoms with Crippen LogP contribution in [0.15, 0.2) is 29.1 Å². The lowest BCUT2D eigenvalue weighted by Gasteiger charge is -2.59. The first-order valence-electron chi connectivity index (χ1n) is 10.9. The summed E-state index contributed by atoms with van der Waals surface area (Å²) in [5.41, 5.74) is -0.650. The first-order chi connectivity index (χ1) is 14.3. The van der Waals surface area contributed by atoms with Gasteiger partial charge in [-0.1, -0.05) is 18.2 Å². The van der Waals surface area contributed by atoms with Gasteiger partial charge in [0.05, 0.1) is 11.4 Å². The van der Waals surface area contributed by atoms with Crippen LogP contribution < -0.4 is 16.0 Å². The largest absolute Gasteiger partial charge is 0.543 e. The van der Waals surface area contributed by atoms with E-state index >= 15 is 0 Å². The topological polar surface area (TPSA) is 104 Å². The molecule has 4 saturated carbocycles. The fourth-order valence-electron chi connectivity index (χ4n) is 6.78. The van der Waals surface area contributed by atoms with Crippen LogP contribution in [-0.2, 0) is 11.3 Å². The standard InChI is InChI=1S/C23H27N3O4/c1-13(23-9-14-6-15(10-23)8-16(7-14)11-23)24-19(27)12-26-21(28)18-5-3-2-4-17(18)20(25-26)22(29)30/h2-5,13-16H,6-12H2,1H3,(H,24,27)(H,29,30)/p-1/t13-,14?,15?,16?,23?/m1/s1. The number of aromatic carboxylic acids is 1. The Labute approximate surface area is 174 Å². The number of aromatic nitrogens is 2. The van der Waals surface area contributed by atoms with Crippen molar-refractivity contribution >= 4 is 22.6 Å². The Kier molecular flexibility index (Phi) is 4.45. The molecule has 0 spiro atoms. The summed E-state index contributed by atoms with van der Waals surface area (Å²) in [7, 11) is 0. The molecule has 4 aliphatic rings. The van der Waals surface area contributed by atoms with Crippen LogP contribution in [0.25, 0.3) is 10.8 Å². The molecule has 1 atom stereocenters. The lowest BCUT2D eigenvalue weighted by atomic mass is 9.48. The van der Waals surface area contributed by atoms with E-state index < -0.39 is 11.5 Å². The summed E-state index contributed by atoms with van der Waals surface area (Å²) >= 11 is 0. The number of rotatable bonds is 5. The zero-order chi connectivity index (χ0) is 21.0. The number of carbonyl (C=O) groups excluding carboxylic acids is 2. The summed E-state index contributed by atoms with van der Waals surface area (Å²) in [6.45, 7) is 1.77. The Bertz CT molecular complexity index is 1050. The van der Waals surface area contributed by atoms with Crippen LogP contribution in [-0.4, -0.2) is 27.7 Å². The van der Waals surface area contributed by atoms with Gasteiger partial charge in [-0.15, -0.1) is 0 Å². The Balaban J connectivity index is 1.37. The van der Waals surface area contributed by atoms with Gasteiger partial charge in [0.1, 0.15) is 12.2 Å². The SMILES string of the molecule is C[C@@H](NC(=O)Cn1nc(C(=O)[O-])c2ccccc2c1=O)C12CC3CC(CC(C3)C1)C2. The molecule has 4 fully saturated rings. The van der Waals surface area contributed by atoms with Gasteiger partial charge in [-0.3, -0.25) is 9.59 Å². The number of hydrogen-bond donors (Lipinski definition) is 1. The molecule has 0 radical (unpaired) electrons. The quantitative estimate of drug-likeness (QED) is 0.807.